The van der Waals surface area contributed by atoms with E-state index in [2.05, 4.69) is 5.32 Å². The van der Waals surface area contributed by atoms with Gasteiger partial charge in [-0.15, -0.1) is 0 Å². The molecule has 1 rings (SSSR count). The Morgan fingerprint density at radius 1 is 1.20 bits per heavy atom. The number of carbonyl (C=O) groups is 2. The predicted molar refractivity (Wildman–Crippen MR) is 79.2 cm³/mol. The molecule has 4 nitrogen and oxygen atoms in total. The van der Waals surface area contributed by atoms with Crippen LogP contribution in [-0.4, -0.2) is 23.5 Å². The summed E-state index contributed by atoms with van der Waals surface area (Å²) >= 11 is 5.91. The third kappa shape index (κ3) is 6.06. The molecular weight excluding hydrogens is 278 g/mol. The molecule has 0 saturated heterocycles. The average Bonchev–Trinajstić information content (AvgIpc) is 2.40. The number of carboxylic acid groups (broad SMARTS) is 1. The zero-order valence-corrected chi connectivity index (χ0v) is 12.4. The summed E-state index contributed by atoms with van der Waals surface area (Å²) in [5.74, 6) is -0.855. The van der Waals surface area contributed by atoms with Crippen LogP contribution in [0.25, 0.3) is 0 Å². The van der Waals surface area contributed by atoms with E-state index in [1.54, 1.807) is 18.2 Å². The highest BCUT2D eigenvalue weighted by molar-refractivity contribution is 6.31. The number of aryl methyl sites for hydroxylation is 1. The molecule has 0 radical (unpaired) electrons. The van der Waals surface area contributed by atoms with Crippen LogP contribution in [0.4, 0.5) is 0 Å². The molecule has 110 valence electrons. The number of benzene rings is 1. The summed E-state index contributed by atoms with van der Waals surface area (Å²) in [6, 6.07) is 5.19. The van der Waals surface area contributed by atoms with Crippen molar-refractivity contribution < 1.29 is 14.7 Å². The molecular formula is C15H20ClNO3. The fraction of sp³-hybridized carbons (Fsp3) is 0.467. The molecule has 0 aliphatic rings. The molecule has 1 amide bonds. The van der Waals surface area contributed by atoms with Crippen LogP contribution >= 0.6 is 11.6 Å². The lowest BCUT2D eigenvalue weighted by Gasteiger charge is -2.06. The number of hydrogen-bond acceptors (Lipinski definition) is 2. The van der Waals surface area contributed by atoms with Crippen LogP contribution in [0.5, 0.6) is 0 Å². The van der Waals surface area contributed by atoms with E-state index >= 15 is 0 Å². The molecule has 1 aromatic carbocycles. The Morgan fingerprint density at radius 2 is 1.90 bits per heavy atom. The maximum Gasteiger partial charge on any atom is 0.303 e. The van der Waals surface area contributed by atoms with Crippen molar-refractivity contribution in [1.29, 1.82) is 0 Å². The standard InChI is InChI=1S/C15H20ClNO3/c1-11-10-12(7-8-13(11)16)15(20)17-9-5-3-2-4-6-14(18)19/h7-8,10H,2-6,9H2,1H3,(H,17,20)(H,18,19). The SMILES string of the molecule is Cc1cc(C(=O)NCCCCCCC(=O)O)ccc1Cl. The molecule has 0 aliphatic heterocycles. The van der Waals surface area contributed by atoms with Gasteiger partial charge in [-0.3, -0.25) is 9.59 Å². The summed E-state index contributed by atoms with van der Waals surface area (Å²) < 4.78 is 0. The number of amides is 1. The number of aliphatic carboxylic acids is 1. The fourth-order valence-corrected chi connectivity index (χ4v) is 1.96. The minimum atomic E-state index is -0.753. The number of hydrogen-bond donors (Lipinski definition) is 2. The van der Waals surface area contributed by atoms with Crippen molar-refractivity contribution in [2.75, 3.05) is 6.54 Å². The van der Waals surface area contributed by atoms with Crippen LogP contribution in [0.2, 0.25) is 5.02 Å². The molecule has 2 N–H and O–H groups in total. The summed E-state index contributed by atoms with van der Waals surface area (Å²) in [6.45, 7) is 2.47. The number of nitrogens with one attached hydrogen (secondary N) is 1. The van der Waals surface area contributed by atoms with Crippen molar-refractivity contribution >= 4 is 23.5 Å². The van der Waals surface area contributed by atoms with E-state index in [0.717, 1.165) is 24.8 Å². The average molecular weight is 298 g/mol. The van der Waals surface area contributed by atoms with Gasteiger partial charge >= 0.3 is 5.97 Å². The van der Waals surface area contributed by atoms with Crippen molar-refractivity contribution in [2.45, 2.75) is 39.0 Å². The number of unbranched alkanes of at least 4 members (excludes halogenated alkanes) is 3. The van der Waals surface area contributed by atoms with E-state index in [9.17, 15) is 9.59 Å². The molecule has 20 heavy (non-hydrogen) atoms. The first-order valence-electron chi connectivity index (χ1n) is 6.77. The van der Waals surface area contributed by atoms with E-state index in [1.807, 2.05) is 6.92 Å². The zero-order chi connectivity index (χ0) is 15.0. The van der Waals surface area contributed by atoms with Crippen molar-refractivity contribution in [1.82, 2.24) is 5.32 Å². The largest absolute Gasteiger partial charge is 0.481 e. The number of carboxylic acids is 1. The molecule has 0 unspecified atom stereocenters. The van der Waals surface area contributed by atoms with Crippen molar-refractivity contribution in [2.24, 2.45) is 0 Å². The van der Waals surface area contributed by atoms with Crippen molar-refractivity contribution in [3.05, 3.63) is 34.3 Å². The van der Waals surface area contributed by atoms with Crippen LogP contribution in [0.15, 0.2) is 18.2 Å². The Kier molecular flexibility index (Phi) is 7.09. The highest BCUT2D eigenvalue weighted by atomic mass is 35.5. The molecule has 1 aromatic rings. The fourth-order valence-electron chi connectivity index (χ4n) is 1.84. The highest BCUT2D eigenvalue weighted by Gasteiger charge is 2.06. The maximum absolute atomic E-state index is 11.9. The molecule has 0 heterocycles. The lowest BCUT2D eigenvalue weighted by molar-refractivity contribution is -0.137. The van der Waals surface area contributed by atoms with Gasteiger partial charge in [-0.2, -0.15) is 0 Å². The number of carbonyl (C=O) groups excluding carboxylic acids is 1. The third-order valence-corrected chi connectivity index (χ3v) is 3.45. The Balaban J connectivity index is 2.20. The Bertz CT molecular complexity index is 474. The second-order valence-electron chi connectivity index (χ2n) is 4.78. The summed E-state index contributed by atoms with van der Waals surface area (Å²) in [5, 5.41) is 12.0. The number of rotatable bonds is 8. The summed E-state index contributed by atoms with van der Waals surface area (Å²) in [5.41, 5.74) is 1.49. The minimum Gasteiger partial charge on any atom is -0.481 e. The second-order valence-corrected chi connectivity index (χ2v) is 5.19. The third-order valence-electron chi connectivity index (χ3n) is 3.02. The molecule has 5 heteroatoms. The molecule has 0 atom stereocenters. The topological polar surface area (TPSA) is 66.4 Å². The molecule has 0 spiro atoms. The van der Waals surface area contributed by atoms with Crippen LogP contribution < -0.4 is 5.32 Å². The minimum absolute atomic E-state index is 0.102. The van der Waals surface area contributed by atoms with Gasteiger partial charge in [0, 0.05) is 23.6 Å². The lowest BCUT2D eigenvalue weighted by atomic mass is 10.1. The lowest BCUT2D eigenvalue weighted by Crippen LogP contribution is -2.24. The zero-order valence-electron chi connectivity index (χ0n) is 11.6. The monoisotopic (exact) mass is 297 g/mol. The summed E-state index contributed by atoms with van der Waals surface area (Å²) in [4.78, 5) is 22.2. The molecule has 0 saturated carbocycles. The van der Waals surface area contributed by atoms with Crippen molar-refractivity contribution in [3.63, 3.8) is 0 Å². The van der Waals surface area contributed by atoms with Gasteiger partial charge in [0.1, 0.15) is 0 Å². The van der Waals surface area contributed by atoms with Gasteiger partial charge < -0.3 is 10.4 Å². The first kappa shape index (κ1) is 16.5. The normalized spacial score (nSPS) is 10.3. The summed E-state index contributed by atoms with van der Waals surface area (Å²) in [7, 11) is 0. The van der Waals surface area contributed by atoms with E-state index < -0.39 is 5.97 Å². The Morgan fingerprint density at radius 3 is 2.55 bits per heavy atom. The molecule has 0 aromatic heterocycles. The smallest absolute Gasteiger partial charge is 0.303 e. The molecule has 0 bridgehead atoms. The van der Waals surface area contributed by atoms with E-state index in [1.165, 1.54) is 0 Å². The van der Waals surface area contributed by atoms with E-state index in [-0.39, 0.29) is 12.3 Å². The van der Waals surface area contributed by atoms with Gasteiger partial charge in [0.15, 0.2) is 0 Å². The Labute approximate surface area is 124 Å². The summed E-state index contributed by atoms with van der Waals surface area (Å²) in [6.07, 6.45) is 3.57. The van der Waals surface area contributed by atoms with Gasteiger partial charge in [0.25, 0.3) is 5.91 Å². The van der Waals surface area contributed by atoms with Crippen LogP contribution in [0.3, 0.4) is 0 Å². The molecule has 0 fully saturated rings. The van der Waals surface area contributed by atoms with Crippen LogP contribution in [0.1, 0.15) is 48.0 Å². The number of halogens is 1. The maximum atomic E-state index is 11.9. The predicted octanol–water partition coefficient (Wildman–Crippen LogP) is 3.41. The van der Waals surface area contributed by atoms with Gasteiger partial charge in [-0.25, -0.2) is 0 Å². The van der Waals surface area contributed by atoms with Gasteiger partial charge in [0.05, 0.1) is 0 Å². The molecule has 0 aliphatic carbocycles. The van der Waals surface area contributed by atoms with Gasteiger partial charge in [-0.1, -0.05) is 24.4 Å². The van der Waals surface area contributed by atoms with Crippen LogP contribution in [-0.2, 0) is 4.79 Å². The van der Waals surface area contributed by atoms with E-state index in [0.29, 0.717) is 23.6 Å². The van der Waals surface area contributed by atoms with E-state index in [4.69, 9.17) is 16.7 Å². The van der Waals surface area contributed by atoms with Gasteiger partial charge in [-0.05, 0) is 43.5 Å². The first-order chi connectivity index (χ1) is 9.50. The first-order valence-corrected chi connectivity index (χ1v) is 7.14. The second kappa shape index (κ2) is 8.59. The highest BCUT2D eigenvalue weighted by Crippen LogP contribution is 2.16. The van der Waals surface area contributed by atoms with Crippen molar-refractivity contribution in [3.8, 4) is 0 Å². The van der Waals surface area contributed by atoms with Crippen LogP contribution in [0, 0.1) is 6.92 Å². The quantitative estimate of drug-likeness (QED) is 0.723. The van der Waals surface area contributed by atoms with Gasteiger partial charge in [0.2, 0.25) is 0 Å². The Hall–Kier alpha value is -1.55.